The van der Waals surface area contributed by atoms with Gasteiger partial charge in [0, 0.05) is 24.5 Å². The van der Waals surface area contributed by atoms with E-state index in [0.29, 0.717) is 41.1 Å². The fourth-order valence-corrected chi connectivity index (χ4v) is 7.55. The Kier molecular flexibility index (Phi) is 9.25. The molecule has 3 aliphatic heterocycles. The third kappa shape index (κ3) is 7.30. The van der Waals surface area contributed by atoms with Gasteiger partial charge in [0.05, 0.1) is 22.5 Å². The quantitative estimate of drug-likeness (QED) is 0.308. The summed E-state index contributed by atoms with van der Waals surface area (Å²) in [7, 11) is 0. The first kappa shape index (κ1) is 34.5. The molecule has 51 heavy (non-hydrogen) atoms. The number of carbonyl (C=O) groups excluding carboxylic acids is 3. The number of benzene rings is 1. The molecular formula is C36H41N5O9S. The SMILES string of the molecule is CC(C)(C)OC(=O)N[C@H]1CCCCC/C=C\C2CC2(C(=O)O)NC(=O)C2C[C@@H](Oc3nc4cc5c(cc4nc3-c3cccs3)OCO5)CN2C1=O. The van der Waals surface area contributed by atoms with Crippen LogP contribution in [0.25, 0.3) is 21.6 Å². The van der Waals surface area contributed by atoms with Crippen LogP contribution in [0.3, 0.4) is 0 Å². The first-order chi connectivity index (χ1) is 24.4. The van der Waals surface area contributed by atoms with E-state index < -0.39 is 53.2 Å². The highest BCUT2D eigenvalue weighted by Crippen LogP contribution is 2.46. The number of carbonyl (C=O) groups is 4. The van der Waals surface area contributed by atoms with Crippen molar-refractivity contribution in [2.45, 2.75) is 95.0 Å². The Labute approximate surface area is 298 Å². The highest BCUT2D eigenvalue weighted by atomic mass is 32.1. The molecule has 5 atom stereocenters. The largest absolute Gasteiger partial charge is 0.479 e. The van der Waals surface area contributed by atoms with Crippen molar-refractivity contribution in [1.29, 1.82) is 0 Å². The van der Waals surface area contributed by atoms with Crippen LogP contribution in [0.4, 0.5) is 4.79 Å². The van der Waals surface area contributed by atoms with Gasteiger partial charge in [-0.05, 0) is 57.9 Å². The van der Waals surface area contributed by atoms with Gasteiger partial charge in [0.15, 0.2) is 11.5 Å². The normalized spacial score (nSPS) is 27.0. The van der Waals surface area contributed by atoms with Gasteiger partial charge >= 0.3 is 12.1 Å². The lowest BCUT2D eigenvalue weighted by Gasteiger charge is -2.30. The van der Waals surface area contributed by atoms with E-state index in [4.69, 9.17) is 28.9 Å². The molecule has 3 unspecified atom stereocenters. The Morgan fingerprint density at radius 3 is 2.59 bits per heavy atom. The first-order valence-corrected chi connectivity index (χ1v) is 18.1. The van der Waals surface area contributed by atoms with Crippen LogP contribution in [0.2, 0.25) is 0 Å². The van der Waals surface area contributed by atoms with Gasteiger partial charge in [-0.3, -0.25) is 9.59 Å². The summed E-state index contributed by atoms with van der Waals surface area (Å²) < 4.78 is 23.1. The summed E-state index contributed by atoms with van der Waals surface area (Å²) in [5, 5.41) is 17.6. The average Bonchev–Trinajstić information content (AvgIpc) is 3.52. The zero-order valence-electron chi connectivity index (χ0n) is 28.7. The Balaban J connectivity index is 1.22. The molecule has 0 bridgehead atoms. The third-order valence-corrected chi connectivity index (χ3v) is 10.3. The number of hydrogen-bond donors (Lipinski definition) is 3. The van der Waals surface area contributed by atoms with Crippen molar-refractivity contribution >= 4 is 46.2 Å². The molecule has 1 aliphatic carbocycles. The van der Waals surface area contributed by atoms with Crippen LogP contribution in [0, 0.1) is 5.92 Å². The Morgan fingerprint density at radius 1 is 1.12 bits per heavy atom. The predicted octanol–water partition coefficient (Wildman–Crippen LogP) is 4.81. The first-order valence-electron chi connectivity index (χ1n) is 17.2. The highest BCUT2D eigenvalue weighted by molar-refractivity contribution is 7.13. The van der Waals surface area contributed by atoms with Crippen molar-refractivity contribution < 1.29 is 43.2 Å². The van der Waals surface area contributed by atoms with Crippen molar-refractivity contribution in [3.05, 3.63) is 41.8 Å². The minimum Gasteiger partial charge on any atom is -0.479 e. The molecule has 2 fully saturated rings. The molecule has 1 saturated heterocycles. The standard InChI is InChI=1S/C36H41N5O9S/c1-35(2,3)50-34(46)39-22-11-8-6-4-5-7-10-20-17-36(20,33(44)45)40-30(42)25-14-21(18-41(25)32(22)43)49-31-29(28-12-9-13-51-28)37-23-15-26-27(48-19-47-26)16-24(23)38-31/h7,9-10,12-13,15-16,20-22,25H,4-6,8,11,14,17-19H2,1-3H3,(H,39,46)(H,40,42)(H,44,45)/b10-7-/t20?,21-,22+,25?,36?/m1/s1. The number of nitrogens with one attached hydrogen (secondary N) is 2. The van der Waals surface area contributed by atoms with Crippen LogP contribution >= 0.6 is 11.3 Å². The second-order valence-corrected chi connectivity index (χ2v) is 15.3. The number of nitrogens with zero attached hydrogens (tertiary/aromatic N) is 3. The van der Waals surface area contributed by atoms with Gasteiger partial charge in [0.25, 0.3) is 0 Å². The van der Waals surface area contributed by atoms with Gasteiger partial charge in [-0.2, -0.15) is 0 Å². The molecule has 3 aromatic rings. The second kappa shape index (κ2) is 13.7. The maximum absolute atomic E-state index is 14.4. The Morgan fingerprint density at radius 2 is 1.88 bits per heavy atom. The van der Waals surface area contributed by atoms with E-state index in [0.717, 1.165) is 24.1 Å². The number of alkyl carbamates (subject to hydrolysis) is 1. The molecule has 1 aromatic carbocycles. The van der Waals surface area contributed by atoms with Crippen molar-refractivity contribution in [2.75, 3.05) is 13.3 Å². The van der Waals surface area contributed by atoms with Gasteiger partial charge in [-0.15, -0.1) is 11.3 Å². The molecule has 2 aromatic heterocycles. The molecule has 0 spiro atoms. The van der Waals surface area contributed by atoms with E-state index in [2.05, 4.69) is 10.6 Å². The van der Waals surface area contributed by atoms with Gasteiger partial charge in [0.1, 0.15) is 35.0 Å². The third-order valence-electron chi connectivity index (χ3n) is 9.47. The van der Waals surface area contributed by atoms with Gasteiger partial charge in [-0.25, -0.2) is 19.6 Å². The smallest absolute Gasteiger partial charge is 0.408 e. The molecule has 0 radical (unpaired) electrons. The van der Waals surface area contributed by atoms with Crippen LogP contribution in [0.1, 0.15) is 65.7 Å². The van der Waals surface area contributed by atoms with E-state index in [1.54, 1.807) is 32.9 Å². The van der Waals surface area contributed by atoms with E-state index in [1.165, 1.54) is 16.2 Å². The van der Waals surface area contributed by atoms with Crippen molar-refractivity contribution in [1.82, 2.24) is 25.5 Å². The number of allylic oxidation sites excluding steroid dienone is 1. The number of carboxylic acid groups (broad SMARTS) is 1. The van der Waals surface area contributed by atoms with Gasteiger partial charge < -0.3 is 39.6 Å². The Bertz CT molecular complexity index is 1880. The summed E-state index contributed by atoms with van der Waals surface area (Å²) in [5.74, 6) is -1.26. The molecular weight excluding hydrogens is 678 g/mol. The maximum atomic E-state index is 14.4. The van der Waals surface area contributed by atoms with E-state index in [9.17, 15) is 24.3 Å². The highest BCUT2D eigenvalue weighted by Gasteiger charge is 2.61. The number of aliphatic carboxylic acids is 1. The summed E-state index contributed by atoms with van der Waals surface area (Å²) >= 11 is 1.46. The second-order valence-electron chi connectivity index (χ2n) is 14.4. The van der Waals surface area contributed by atoms with Crippen molar-refractivity contribution in [3.8, 4) is 28.0 Å². The molecule has 270 valence electrons. The number of amides is 3. The molecule has 1 saturated carbocycles. The van der Waals surface area contributed by atoms with E-state index in [-0.39, 0.29) is 38.0 Å². The van der Waals surface area contributed by atoms with Gasteiger partial charge in [-0.1, -0.05) is 31.1 Å². The molecule has 3 amide bonds. The Hall–Kier alpha value is -4.92. The summed E-state index contributed by atoms with van der Waals surface area (Å²) in [6, 6.07) is 5.21. The number of thiophene rings is 1. The fraction of sp³-hybridized carbons (Fsp3) is 0.500. The minimum atomic E-state index is -1.46. The van der Waals surface area contributed by atoms with Gasteiger partial charge in [0.2, 0.25) is 24.5 Å². The summed E-state index contributed by atoms with van der Waals surface area (Å²) in [6.07, 6.45) is 5.98. The number of rotatable bonds is 5. The monoisotopic (exact) mass is 719 g/mol. The summed E-state index contributed by atoms with van der Waals surface area (Å²) in [4.78, 5) is 65.8. The van der Waals surface area contributed by atoms with Crippen molar-refractivity contribution in [3.63, 3.8) is 0 Å². The lowest BCUT2D eigenvalue weighted by atomic mass is 10.0. The molecule has 3 N–H and O–H groups in total. The zero-order valence-corrected chi connectivity index (χ0v) is 29.5. The minimum absolute atomic E-state index is 0.0163. The van der Waals surface area contributed by atoms with Crippen molar-refractivity contribution in [2.24, 2.45) is 5.92 Å². The van der Waals surface area contributed by atoms with Crippen LogP contribution in [0.15, 0.2) is 41.8 Å². The van der Waals surface area contributed by atoms with E-state index >= 15 is 0 Å². The fourth-order valence-electron chi connectivity index (χ4n) is 6.84. The molecule has 14 nitrogen and oxygen atoms in total. The molecule has 7 rings (SSSR count). The number of aromatic nitrogens is 2. The predicted molar refractivity (Wildman–Crippen MR) is 186 cm³/mol. The van der Waals surface area contributed by atoms with Crippen LogP contribution in [-0.4, -0.2) is 86.5 Å². The lowest BCUT2D eigenvalue weighted by molar-refractivity contribution is -0.145. The maximum Gasteiger partial charge on any atom is 0.408 e. The van der Waals surface area contributed by atoms with Crippen LogP contribution in [-0.2, 0) is 19.1 Å². The lowest BCUT2D eigenvalue weighted by Crippen LogP contribution is -2.56. The van der Waals surface area contributed by atoms with E-state index in [1.807, 2.05) is 29.7 Å². The molecule has 4 aliphatic rings. The number of ether oxygens (including phenoxy) is 4. The average molecular weight is 720 g/mol. The summed E-state index contributed by atoms with van der Waals surface area (Å²) in [5.41, 5.74) is -0.683. The number of hydrogen-bond acceptors (Lipinski definition) is 11. The van der Waals surface area contributed by atoms with Crippen LogP contribution < -0.4 is 24.8 Å². The molecule has 15 heteroatoms. The summed E-state index contributed by atoms with van der Waals surface area (Å²) in [6.45, 7) is 5.28. The number of carboxylic acids is 1. The van der Waals surface area contributed by atoms with Crippen LogP contribution in [0.5, 0.6) is 17.4 Å². The zero-order chi connectivity index (χ0) is 35.9. The topological polar surface area (TPSA) is 179 Å². The number of fused-ring (bicyclic) bond motifs is 4. The molecule has 5 heterocycles.